The van der Waals surface area contributed by atoms with Crippen LogP contribution in [0.5, 0.6) is 5.75 Å². The molecule has 34 heavy (non-hydrogen) atoms. The van der Waals surface area contributed by atoms with E-state index >= 15 is 0 Å². The summed E-state index contributed by atoms with van der Waals surface area (Å²) in [6.07, 6.45) is 6.16. The molecule has 0 bridgehead atoms. The summed E-state index contributed by atoms with van der Waals surface area (Å²) in [5, 5.41) is 2.89. The summed E-state index contributed by atoms with van der Waals surface area (Å²) in [6, 6.07) is 11.7. The predicted molar refractivity (Wildman–Crippen MR) is 131 cm³/mol. The number of carbonyl (C=O) groups excluding carboxylic acids is 1. The van der Waals surface area contributed by atoms with Crippen molar-refractivity contribution in [2.45, 2.75) is 49.6 Å². The van der Waals surface area contributed by atoms with E-state index in [-0.39, 0.29) is 28.4 Å². The van der Waals surface area contributed by atoms with Crippen molar-refractivity contribution < 1.29 is 17.9 Å². The van der Waals surface area contributed by atoms with Crippen LogP contribution in [-0.4, -0.2) is 43.8 Å². The van der Waals surface area contributed by atoms with Crippen LogP contribution in [0.4, 0.5) is 0 Å². The monoisotopic (exact) mass is 483 g/mol. The number of nitrogens with one attached hydrogen (secondary N) is 2. The number of hydrogen-bond donors (Lipinski definition) is 2. The number of rotatable bonds is 7. The average Bonchev–Trinajstić information content (AvgIpc) is 2.87. The third-order valence-corrected chi connectivity index (χ3v) is 8.40. The van der Waals surface area contributed by atoms with Gasteiger partial charge in [0.1, 0.15) is 11.3 Å². The number of carbonyl (C=O) groups is 1. The molecule has 180 valence electrons. The van der Waals surface area contributed by atoms with E-state index in [0.29, 0.717) is 11.3 Å². The molecule has 4 rings (SSSR count). The number of amides is 1. The number of ether oxygens (including phenoxy) is 1. The van der Waals surface area contributed by atoms with Crippen LogP contribution in [0.15, 0.2) is 58.4 Å². The van der Waals surface area contributed by atoms with Gasteiger partial charge in [0.05, 0.1) is 12.0 Å². The molecule has 1 amide bonds. The van der Waals surface area contributed by atoms with Gasteiger partial charge in [-0.1, -0.05) is 37.5 Å². The highest BCUT2D eigenvalue weighted by Gasteiger charge is 2.29. The molecule has 1 saturated carbocycles. The van der Waals surface area contributed by atoms with Gasteiger partial charge in [-0.15, -0.1) is 0 Å². The molecular weight excluding hydrogens is 454 g/mol. The summed E-state index contributed by atoms with van der Waals surface area (Å²) in [5.41, 5.74) is 0.626. The maximum absolute atomic E-state index is 13.2. The number of nitrogens with zero attached hydrogens (tertiary/aromatic N) is 1. The molecule has 1 aliphatic carbocycles. The lowest BCUT2D eigenvalue weighted by Crippen LogP contribution is -2.38. The largest absolute Gasteiger partial charge is 0.496 e. The van der Waals surface area contributed by atoms with Crippen molar-refractivity contribution in [2.75, 3.05) is 14.2 Å². The number of aromatic amines is 1. The molecule has 0 atom stereocenters. The smallest absolute Gasteiger partial charge is 0.257 e. The number of benzene rings is 2. The fourth-order valence-corrected chi connectivity index (χ4v) is 5.90. The number of methoxy groups -OCH3 is 1. The Balaban J connectivity index is 1.61. The summed E-state index contributed by atoms with van der Waals surface area (Å²) in [7, 11) is -0.621. The second-order valence-electron chi connectivity index (χ2n) is 8.55. The number of pyridine rings is 1. The van der Waals surface area contributed by atoms with E-state index in [1.807, 2.05) is 18.2 Å². The van der Waals surface area contributed by atoms with Crippen molar-refractivity contribution in [1.82, 2.24) is 14.6 Å². The average molecular weight is 484 g/mol. The zero-order chi connectivity index (χ0) is 24.3. The Morgan fingerprint density at radius 2 is 1.88 bits per heavy atom. The predicted octanol–water partition coefficient (Wildman–Crippen LogP) is 3.42. The van der Waals surface area contributed by atoms with Gasteiger partial charge in [-0.25, -0.2) is 8.42 Å². The van der Waals surface area contributed by atoms with E-state index in [0.717, 1.165) is 37.7 Å². The van der Waals surface area contributed by atoms with E-state index < -0.39 is 21.4 Å². The highest BCUT2D eigenvalue weighted by atomic mass is 32.2. The van der Waals surface area contributed by atoms with E-state index in [2.05, 4.69) is 10.3 Å². The number of H-pyrrole nitrogens is 1. The quantitative estimate of drug-likeness (QED) is 0.535. The molecule has 1 fully saturated rings. The van der Waals surface area contributed by atoms with Crippen LogP contribution in [0.1, 0.15) is 48.0 Å². The van der Waals surface area contributed by atoms with E-state index in [4.69, 9.17) is 4.74 Å². The van der Waals surface area contributed by atoms with E-state index in [1.165, 1.54) is 22.6 Å². The highest BCUT2D eigenvalue weighted by molar-refractivity contribution is 7.89. The minimum absolute atomic E-state index is 0.0418. The molecule has 0 unspecified atom stereocenters. The van der Waals surface area contributed by atoms with Crippen molar-refractivity contribution in [3.8, 4) is 5.75 Å². The molecule has 2 aromatic carbocycles. The third-order valence-electron chi connectivity index (χ3n) is 6.49. The fraction of sp³-hybridized carbons (Fsp3) is 0.360. The molecule has 3 aromatic rings. The Labute approximate surface area is 199 Å². The molecule has 0 aliphatic heterocycles. The van der Waals surface area contributed by atoms with Crippen LogP contribution >= 0.6 is 0 Å². The first-order chi connectivity index (χ1) is 16.3. The van der Waals surface area contributed by atoms with Crippen LogP contribution in [0.3, 0.4) is 0 Å². The van der Waals surface area contributed by atoms with E-state index in [1.54, 1.807) is 26.3 Å². The molecule has 8 nitrogen and oxygen atoms in total. The van der Waals surface area contributed by atoms with Crippen molar-refractivity contribution >= 4 is 26.8 Å². The van der Waals surface area contributed by atoms with Gasteiger partial charge in [0.15, 0.2) is 0 Å². The molecule has 0 spiro atoms. The molecule has 2 N–H and O–H groups in total. The van der Waals surface area contributed by atoms with Crippen LogP contribution in [-0.2, 0) is 16.6 Å². The zero-order valence-corrected chi connectivity index (χ0v) is 20.2. The Hall–Kier alpha value is -3.17. The van der Waals surface area contributed by atoms with Gasteiger partial charge in [0.2, 0.25) is 15.5 Å². The minimum Gasteiger partial charge on any atom is -0.496 e. The lowest BCUT2D eigenvalue weighted by atomic mass is 9.96. The van der Waals surface area contributed by atoms with Crippen molar-refractivity contribution in [1.29, 1.82) is 0 Å². The first-order valence-corrected chi connectivity index (χ1v) is 12.8. The van der Waals surface area contributed by atoms with Gasteiger partial charge in [-0.2, -0.15) is 4.31 Å². The van der Waals surface area contributed by atoms with Gasteiger partial charge in [0.25, 0.3) is 5.91 Å². The van der Waals surface area contributed by atoms with Crippen molar-refractivity contribution in [3.63, 3.8) is 0 Å². The first-order valence-electron chi connectivity index (χ1n) is 11.4. The molecule has 9 heteroatoms. The second kappa shape index (κ2) is 9.99. The van der Waals surface area contributed by atoms with Crippen LogP contribution in [0.25, 0.3) is 10.9 Å². The molecule has 0 saturated heterocycles. The summed E-state index contributed by atoms with van der Waals surface area (Å²) in [4.78, 5) is 28.9. The lowest BCUT2D eigenvalue weighted by molar-refractivity contribution is 0.0949. The van der Waals surface area contributed by atoms with Crippen LogP contribution in [0.2, 0.25) is 0 Å². The van der Waals surface area contributed by atoms with Crippen molar-refractivity contribution in [2.24, 2.45) is 0 Å². The highest BCUT2D eigenvalue weighted by Crippen LogP contribution is 2.27. The van der Waals surface area contributed by atoms with E-state index in [9.17, 15) is 18.0 Å². The van der Waals surface area contributed by atoms with Crippen LogP contribution in [0, 0.1) is 0 Å². The van der Waals surface area contributed by atoms with Gasteiger partial charge in [0, 0.05) is 42.3 Å². The third kappa shape index (κ3) is 4.71. The first kappa shape index (κ1) is 24.0. The normalized spacial score (nSPS) is 14.9. The van der Waals surface area contributed by atoms with Gasteiger partial charge >= 0.3 is 0 Å². The topological polar surface area (TPSA) is 109 Å². The minimum atomic E-state index is -3.77. The SMILES string of the molecule is COc1ccccc1CNC(=O)c1c[nH]c2ccc(S(=O)(=O)N(C)C3CCCCC3)cc2c1=O. The number of sulfonamides is 1. The van der Waals surface area contributed by atoms with Gasteiger partial charge in [-0.3, -0.25) is 9.59 Å². The molecular formula is C25H29N3O5S. The Morgan fingerprint density at radius 3 is 2.62 bits per heavy atom. The summed E-state index contributed by atoms with van der Waals surface area (Å²) in [5.74, 6) is 0.0776. The maximum atomic E-state index is 13.2. The number of hydrogen-bond acceptors (Lipinski definition) is 5. The summed E-state index contributed by atoms with van der Waals surface area (Å²) in [6.45, 7) is 0.181. The molecule has 1 aromatic heterocycles. The maximum Gasteiger partial charge on any atom is 0.257 e. The molecule has 1 aliphatic rings. The lowest BCUT2D eigenvalue weighted by Gasteiger charge is -2.30. The van der Waals surface area contributed by atoms with Gasteiger partial charge < -0.3 is 15.0 Å². The number of para-hydroxylation sites is 1. The summed E-state index contributed by atoms with van der Waals surface area (Å²) < 4.78 is 33.2. The Kier molecular flexibility index (Phi) is 7.04. The summed E-state index contributed by atoms with van der Waals surface area (Å²) >= 11 is 0. The zero-order valence-electron chi connectivity index (χ0n) is 19.3. The molecule has 1 heterocycles. The standard InChI is InChI=1S/C25H29N3O5S/c1-28(18-9-4-3-5-10-18)34(31,32)19-12-13-22-20(14-19)24(29)21(16-26-22)25(30)27-15-17-8-6-7-11-23(17)33-2/h6-8,11-14,16,18H,3-5,9-10,15H2,1-2H3,(H,26,29)(H,27,30). The van der Waals surface area contributed by atoms with Gasteiger partial charge in [-0.05, 0) is 37.1 Å². The number of fused-ring (bicyclic) bond motifs is 1. The van der Waals surface area contributed by atoms with Crippen molar-refractivity contribution in [3.05, 3.63) is 70.0 Å². The Morgan fingerprint density at radius 1 is 1.15 bits per heavy atom. The fourth-order valence-electron chi connectivity index (χ4n) is 4.45. The molecule has 0 radical (unpaired) electrons. The number of aromatic nitrogens is 1. The Bertz CT molecular complexity index is 1360. The second-order valence-corrected chi connectivity index (χ2v) is 10.5. The van der Waals surface area contributed by atoms with Crippen LogP contribution < -0.4 is 15.5 Å².